The van der Waals surface area contributed by atoms with Crippen LogP contribution in [0, 0.1) is 0 Å². The summed E-state index contributed by atoms with van der Waals surface area (Å²) in [7, 11) is 3.91. The van der Waals surface area contributed by atoms with Gasteiger partial charge >= 0.3 is 0 Å². The molecule has 6 rings (SSSR count). The standard InChI is InChI=1S/C29H32N8O3/c1-4-39-12-10-24(38)36-11-9-19-13-18(5-6-21(19)16-36)15-37-28-25(27(35(2)3)31-17-32-28)26(34-37)20-7-8-23-22(14-20)33-29(30)40-23/h5-8,13-14,17H,4,9-12,15-16H2,1-3H3,(H2,30,33). The van der Waals surface area contributed by atoms with Crippen molar-refractivity contribution in [1.82, 2.24) is 29.6 Å². The van der Waals surface area contributed by atoms with Gasteiger partial charge in [-0.05, 0) is 48.2 Å². The van der Waals surface area contributed by atoms with Crippen LogP contribution in [0.2, 0.25) is 0 Å². The number of oxazole rings is 1. The number of anilines is 2. The Balaban J connectivity index is 1.32. The number of aromatic nitrogens is 5. The third-order valence-electron chi connectivity index (χ3n) is 7.24. The molecule has 2 aromatic carbocycles. The monoisotopic (exact) mass is 540 g/mol. The predicted molar refractivity (Wildman–Crippen MR) is 153 cm³/mol. The maximum Gasteiger partial charge on any atom is 0.292 e. The highest BCUT2D eigenvalue weighted by Crippen LogP contribution is 2.34. The molecule has 11 nitrogen and oxygen atoms in total. The van der Waals surface area contributed by atoms with E-state index >= 15 is 0 Å². The van der Waals surface area contributed by atoms with E-state index in [-0.39, 0.29) is 11.9 Å². The zero-order valence-corrected chi connectivity index (χ0v) is 22.9. The SMILES string of the molecule is CCOCCC(=O)N1CCc2cc(Cn3nc(-c4ccc5oc(N)nc5c4)c4c(N(C)C)ncnc43)ccc2C1. The van der Waals surface area contributed by atoms with Crippen molar-refractivity contribution in [3.63, 3.8) is 0 Å². The molecular formula is C29H32N8O3. The number of amides is 1. The molecule has 3 aromatic heterocycles. The third kappa shape index (κ3) is 4.84. The fourth-order valence-electron chi connectivity index (χ4n) is 5.29. The van der Waals surface area contributed by atoms with E-state index in [1.807, 2.05) is 53.7 Å². The Kier molecular flexibility index (Phi) is 6.81. The largest absolute Gasteiger partial charge is 0.424 e. The summed E-state index contributed by atoms with van der Waals surface area (Å²) in [4.78, 5) is 30.0. The Morgan fingerprint density at radius 2 is 2.02 bits per heavy atom. The van der Waals surface area contributed by atoms with Gasteiger partial charge in [0.15, 0.2) is 11.2 Å². The van der Waals surface area contributed by atoms with E-state index in [2.05, 4.69) is 33.2 Å². The molecule has 1 amide bonds. The lowest BCUT2D eigenvalue weighted by Crippen LogP contribution is -2.36. The normalized spacial score (nSPS) is 13.2. The summed E-state index contributed by atoms with van der Waals surface area (Å²) in [6.07, 6.45) is 2.82. The molecular weight excluding hydrogens is 508 g/mol. The Morgan fingerprint density at radius 1 is 1.15 bits per heavy atom. The second-order valence-electron chi connectivity index (χ2n) is 10.1. The van der Waals surface area contributed by atoms with Crippen molar-refractivity contribution in [2.45, 2.75) is 32.9 Å². The van der Waals surface area contributed by atoms with E-state index in [4.69, 9.17) is 20.0 Å². The lowest BCUT2D eigenvalue weighted by atomic mass is 9.97. The fraction of sp³-hybridized carbons (Fsp3) is 0.345. The molecule has 4 heterocycles. The Bertz CT molecular complexity index is 1710. The average Bonchev–Trinajstić information content (AvgIpc) is 3.51. The van der Waals surface area contributed by atoms with Crippen LogP contribution in [0.15, 0.2) is 47.1 Å². The number of benzene rings is 2. The number of carbonyl (C=O) groups is 1. The first-order valence-corrected chi connectivity index (χ1v) is 13.4. The van der Waals surface area contributed by atoms with E-state index in [9.17, 15) is 4.79 Å². The van der Waals surface area contributed by atoms with Crippen molar-refractivity contribution < 1.29 is 13.9 Å². The van der Waals surface area contributed by atoms with Gasteiger partial charge in [0.05, 0.1) is 25.0 Å². The maximum absolute atomic E-state index is 12.6. The van der Waals surface area contributed by atoms with E-state index < -0.39 is 0 Å². The molecule has 0 fully saturated rings. The third-order valence-corrected chi connectivity index (χ3v) is 7.24. The predicted octanol–water partition coefficient (Wildman–Crippen LogP) is 3.64. The van der Waals surface area contributed by atoms with Crippen LogP contribution in [0.5, 0.6) is 0 Å². The highest BCUT2D eigenvalue weighted by Gasteiger charge is 2.23. The first-order chi connectivity index (χ1) is 19.4. The van der Waals surface area contributed by atoms with Gasteiger partial charge in [-0.2, -0.15) is 10.1 Å². The van der Waals surface area contributed by atoms with Crippen LogP contribution < -0.4 is 10.6 Å². The molecule has 206 valence electrons. The van der Waals surface area contributed by atoms with Gasteiger partial charge in [-0.1, -0.05) is 18.2 Å². The van der Waals surface area contributed by atoms with Crippen LogP contribution in [0.4, 0.5) is 11.8 Å². The van der Waals surface area contributed by atoms with Crippen molar-refractivity contribution in [2.75, 3.05) is 44.5 Å². The minimum absolute atomic E-state index is 0.130. The highest BCUT2D eigenvalue weighted by atomic mass is 16.5. The van der Waals surface area contributed by atoms with Crippen LogP contribution >= 0.6 is 0 Å². The summed E-state index contributed by atoms with van der Waals surface area (Å²) in [5.74, 6) is 0.923. The summed E-state index contributed by atoms with van der Waals surface area (Å²) >= 11 is 0. The fourth-order valence-corrected chi connectivity index (χ4v) is 5.29. The van der Waals surface area contributed by atoms with E-state index in [1.54, 1.807) is 6.33 Å². The molecule has 0 bridgehead atoms. The zero-order valence-electron chi connectivity index (χ0n) is 22.9. The molecule has 1 aliphatic rings. The quantitative estimate of drug-likeness (QED) is 0.293. The molecule has 0 aliphatic carbocycles. The number of nitrogens with zero attached hydrogens (tertiary/aromatic N) is 7. The van der Waals surface area contributed by atoms with Crippen molar-refractivity contribution in [3.8, 4) is 11.3 Å². The summed E-state index contributed by atoms with van der Waals surface area (Å²) in [5, 5.41) is 5.89. The maximum atomic E-state index is 12.6. The second kappa shape index (κ2) is 10.6. The van der Waals surface area contributed by atoms with Crippen LogP contribution in [0.1, 0.15) is 30.0 Å². The molecule has 40 heavy (non-hydrogen) atoms. The molecule has 0 atom stereocenters. The van der Waals surface area contributed by atoms with Gasteiger partial charge in [-0.25, -0.2) is 14.6 Å². The number of hydrogen-bond acceptors (Lipinski definition) is 9. The molecule has 1 aliphatic heterocycles. The number of nitrogens with two attached hydrogens (primary N) is 1. The number of ether oxygens (including phenoxy) is 1. The molecule has 5 aromatic rings. The minimum atomic E-state index is 0.130. The van der Waals surface area contributed by atoms with Gasteiger partial charge in [0, 0.05) is 39.4 Å². The molecule has 0 radical (unpaired) electrons. The van der Waals surface area contributed by atoms with Crippen molar-refractivity contribution in [2.24, 2.45) is 0 Å². The number of carbonyl (C=O) groups excluding carboxylic acids is 1. The van der Waals surface area contributed by atoms with E-state index in [1.165, 1.54) is 11.1 Å². The number of hydrogen-bond donors (Lipinski definition) is 1. The Hall–Kier alpha value is -4.51. The smallest absolute Gasteiger partial charge is 0.292 e. The average molecular weight is 541 g/mol. The van der Waals surface area contributed by atoms with Crippen LogP contribution in [0.25, 0.3) is 33.4 Å². The van der Waals surface area contributed by atoms with Crippen LogP contribution in [-0.4, -0.2) is 69.4 Å². The van der Waals surface area contributed by atoms with Crippen LogP contribution in [-0.2, 0) is 29.0 Å². The number of rotatable bonds is 8. The Morgan fingerprint density at radius 3 is 2.85 bits per heavy atom. The lowest BCUT2D eigenvalue weighted by molar-refractivity contribution is -0.133. The molecule has 11 heteroatoms. The summed E-state index contributed by atoms with van der Waals surface area (Å²) in [6.45, 7) is 4.92. The van der Waals surface area contributed by atoms with Crippen molar-refractivity contribution in [3.05, 3.63) is 59.4 Å². The highest BCUT2D eigenvalue weighted by molar-refractivity contribution is 6.00. The molecule has 0 spiro atoms. The molecule has 2 N–H and O–H groups in total. The lowest BCUT2D eigenvalue weighted by Gasteiger charge is -2.29. The van der Waals surface area contributed by atoms with Gasteiger partial charge in [0.25, 0.3) is 6.01 Å². The van der Waals surface area contributed by atoms with Gasteiger partial charge in [-0.15, -0.1) is 0 Å². The molecule has 0 saturated heterocycles. The van der Waals surface area contributed by atoms with Crippen molar-refractivity contribution >= 4 is 39.9 Å². The van der Waals surface area contributed by atoms with Gasteiger partial charge < -0.3 is 24.7 Å². The Labute approximate surface area is 231 Å². The van der Waals surface area contributed by atoms with E-state index in [0.717, 1.165) is 40.1 Å². The molecule has 0 unspecified atom stereocenters. The van der Waals surface area contributed by atoms with Crippen molar-refractivity contribution in [1.29, 1.82) is 0 Å². The summed E-state index contributed by atoms with van der Waals surface area (Å²) < 4.78 is 12.7. The van der Waals surface area contributed by atoms with E-state index in [0.29, 0.717) is 50.4 Å². The number of fused-ring (bicyclic) bond motifs is 3. The minimum Gasteiger partial charge on any atom is -0.424 e. The summed E-state index contributed by atoms with van der Waals surface area (Å²) in [5.41, 5.74) is 13.0. The first-order valence-electron chi connectivity index (χ1n) is 13.4. The topological polar surface area (TPSA) is 128 Å². The van der Waals surface area contributed by atoms with Crippen LogP contribution in [0.3, 0.4) is 0 Å². The number of nitrogen functional groups attached to an aromatic ring is 1. The summed E-state index contributed by atoms with van der Waals surface area (Å²) in [6, 6.07) is 12.3. The second-order valence-corrected chi connectivity index (χ2v) is 10.1. The molecule has 0 saturated carbocycles. The van der Waals surface area contributed by atoms with Gasteiger partial charge in [0.1, 0.15) is 23.4 Å². The first kappa shape index (κ1) is 25.8. The zero-order chi connectivity index (χ0) is 27.8. The van der Waals surface area contributed by atoms with Gasteiger partial charge in [-0.3, -0.25) is 4.79 Å². The van der Waals surface area contributed by atoms with Gasteiger partial charge in [0.2, 0.25) is 5.91 Å².